The lowest BCUT2D eigenvalue weighted by Crippen LogP contribution is -2.45. The highest BCUT2D eigenvalue weighted by molar-refractivity contribution is 4.76. The van der Waals surface area contributed by atoms with Crippen molar-refractivity contribution in [1.29, 1.82) is 0 Å². The molecule has 1 heterocycles. The monoisotopic (exact) mass is 272 g/mol. The van der Waals surface area contributed by atoms with Crippen molar-refractivity contribution in [1.82, 2.24) is 10.2 Å². The van der Waals surface area contributed by atoms with Crippen molar-refractivity contribution >= 4 is 0 Å². The number of aliphatic hydroxyl groups is 1. The lowest BCUT2D eigenvalue weighted by molar-refractivity contribution is -0.0150. The molecule has 114 valence electrons. The topological polar surface area (TPSA) is 44.7 Å². The molecule has 1 aliphatic heterocycles. The van der Waals surface area contributed by atoms with Crippen molar-refractivity contribution < 1.29 is 9.84 Å². The second kappa shape index (κ2) is 8.90. The SMILES string of the molecule is CC(C)OCC(O)CN(CC1CCCNC1)C(C)C. The van der Waals surface area contributed by atoms with Crippen molar-refractivity contribution in [3.05, 3.63) is 0 Å². The van der Waals surface area contributed by atoms with Gasteiger partial charge < -0.3 is 15.2 Å². The number of rotatable bonds is 8. The van der Waals surface area contributed by atoms with Gasteiger partial charge in [-0.3, -0.25) is 4.90 Å². The number of hydrogen-bond acceptors (Lipinski definition) is 4. The van der Waals surface area contributed by atoms with E-state index in [1.54, 1.807) is 0 Å². The Balaban J connectivity index is 2.34. The Morgan fingerprint density at radius 3 is 2.58 bits per heavy atom. The molecule has 0 radical (unpaired) electrons. The van der Waals surface area contributed by atoms with Crippen LogP contribution in [-0.2, 0) is 4.74 Å². The van der Waals surface area contributed by atoms with Gasteiger partial charge in [-0.1, -0.05) is 0 Å². The number of hydrogen-bond donors (Lipinski definition) is 2. The van der Waals surface area contributed by atoms with E-state index >= 15 is 0 Å². The molecule has 4 nitrogen and oxygen atoms in total. The Kier molecular flexibility index (Phi) is 7.91. The van der Waals surface area contributed by atoms with Crippen LogP contribution in [0.5, 0.6) is 0 Å². The third-order valence-corrected chi connectivity index (χ3v) is 3.69. The van der Waals surface area contributed by atoms with E-state index in [4.69, 9.17) is 4.74 Å². The summed E-state index contributed by atoms with van der Waals surface area (Å²) in [7, 11) is 0. The third kappa shape index (κ3) is 7.25. The van der Waals surface area contributed by atoms with E-state index in [0.29, 0.717) is 19.2 Å². The maximum Gasteiger partial charge on any atom is 0.0900 e. The highest BCUT2D eigenvalue weighted by Gasteiger charge is 2.21. The van der Waals surface area contributed by atoms with E-state index < -0.39 is 0 Å². The third-order valence-electron chi connectivity index (χ3n) is 3.69. The van der Waals surface area contributed by atoms with Crippen LogP contribution < -0.4 is 5.32 Å². The van der Waals surface area contributed by atoms with Gasteiger partial charge in [0.25, 0.3) is 0 Å². The highest BCUT2D eigenvalue weighted by Crippen LogP contribution is 2.14. The van der Waals surface area contributed by atoms with Crippen molar-refractivity contribution in [3.63, 3.8) is 0 Å². The highest BCUT2D eigenvalue weighted by atomic mass is 16.5. The molecule has 4 heteroatoms. The molecule has 0 bridgehead atoms. The summed E-state index contributed by atoms with van der Waals surface area (Å²) in [6.07, 6.45) is 2.37. The first-order valence-corrected chi connectivity index (χ1v) is 7.73. The molecule has 1 aliphatic rings. The van der Waals surface area contributed by atoms with Crippen LogP contribution in [0.2, 0.25) is 0 Å². The van der Waals surface area contributed by atoms with Gasteiger partial charge in [-0.05, 0) is 59.5 Å². The second-order valence-electron chi connectivity index (χ2n) is 6.30. The fraction of sp³-hybridized carbons (Fsp3) is 1.00. The van der Waals surface area contributed by atoms with Crippen LogP contribution in [0.3, 0.4) is 0 Å². The van der Waals surface area contributed by atoms with E-state index in [1.165, 1.54) is 12.8 Å². The quantitative estimate of drug-likeness (QED) is 0.702. The van der Waals surface area contributed by atoms with Crippen LogP contribution in [0.4, 0.5) is 0 Å². The minimum atomic E-state index is -0.388. The molecule has 1 saturated heterocycles. The summed E-state index contributed by atoms with van der Waals surface area (Å²) < 4.78 is 5.49. The van der Waals surface area contributed by atoms with Gasteiger partial charge in [-0.15, -0.1) is 0 Å². The number of ether oxygens (including phenoxy) is 1. The van der Waals surface area contributed by atoms with Crippen molar-refractivity contribution in [3.8, 4) is 0 Å². The predicted molar refractivity (Wildman–Crippen MR) is 79.4 cm³/mol. The number of nitrogens with zero attached hydrogens (tertiary/aromatic N) is 1. The van der Waals surface area contributed by atoms with Crippen LogP contribution in [0.15, 0.2) is 0 Å². The molecule has 1 rings (SSSR count). The molecule has 0 aromatic carbocycles. The molecule has 19 heavy (non-hydrogen) atoms. The summed E-state index contributed by atoms with van der Waals surface area (Å²) >= 11 is 0. The standard InChI is InChI=1S/C15H32N2O2/c1-12(2)17(9-14-6-5-7-16-8-14)10-15(18)11-19-13(3)4/h12-16,18H,5-11H2,1-4H3. The van der Waals surface area contributed by atoms with Crippen molar-refractivity contribution in [2.24, 2.45) is 5.92 Å². The molecule has 0 saturated carbocycles. The Bertz CT molecular complexity index is 228. The van der Waals surface area contributed by atoms with Crippen LogP contribution in [0.1, 0.15) is 40.5 Å². The lowest BCUT2D eigenvalue weighted by atomic mass is 9.98. The normalized spacial score (nSPS) is 22.4. The van der Waals surface area contributed by atoms with E-state index in [2.05, 4.69) is 24.1 Å². The van der Waals surface area contributed by atoms with Crippen LogP contribution in [0, 0.1) is 5.92 Å². The average Bonchev–Trinajstić information content (AvgIpc) is 2.36. The summed E-state index contributed by atoms with van der Waals surface area (Å²) in [5, 5.41) is 13.5. The van der Waals surface area contributed by atoms with Gasteiger partial charge in [0.1, 0.15) is 0 Å². The Morgan fingerprint density at radius 2 is 2.05 bits per heavy atom. The molecule has 0 spiro atoms. The second-order valence-corrected chi connectivity index (χ2v) is 6.30. The van der Waals surface area contributed by atoms with Gasteiger partial charge in [0, 0.05) is 19.1 Å². The summed E-state index contributed by atoms with van der Waals surface area (Å²) in [6.45, 7) is 12.9. The Morgan fingerprint density at radius 1 is 1.32 bits per heavy atom. The average molecular weight is 272 g/mol. The predicted octanol–water partition coefficient (Wildman–Crippen LogP) is 1.48. The molecule has 0 aromatic heterocycles. The Hall–Kier alpha value is -0.160. The molecule has 0 aromatic rings. The van der Waals surface area contributed by atoms with Crippen molar-refractivity contribution in [2.75, 3.05) is 32.8 Å². The number of nitrogens with one attached hydrogen (secondary N) is 1. The van der Waals surface area contributed by atoms with Crippen molar-refractivity contribution in [2.45, 2.75) is 58.8 Å². The zero-order chi connectivity index (χ0) is 14.3. The molecule has 0 amide bonds. The van der Waals surface area contributed by atoms with Crippen LogP contribution in [0.25, 0.3) is 0 Å². The first kappa shape index (κ1) is 16.9. The van der Waals surface area contributed by atoms with Gasteiger partial charge in [0.15, 0.2) is 0 Å². The maximum atomic E-state index is 10.1. The van der Waals surface area contributed by atoms with Gasteiger partial charge in [-0.25, -0.2) is 0 Å². The molecule has 1 fully saturated rings. The minimum absolute atomic E-state index is 0.185. The zero-order valence-corrected chi connectivity index (χ0v) is 13.1. The first-order valence-electron chi connectivity index (χ1n) is 7.73. The molecule has 0 aliphatic carbocycles. The largest absolute Gasteiger partial charge is 0.389 e. The summed E-state index contributed by atoms with van der Waals surface area (Å²) in [4.78, 5) is 2.38. The van der Waals surface area contributed by atoms with E-state index in [1.807, 2.05) is 13.8 Å². The Labute approximate surface area is 118 Å². The molecule has 2 atom stereocenters. The van der Waals surface area contributed by atoms with E-state index in [-0.39, 0.29) is 12.2 Å². The fourth-order valence-corrected chi connectivity index (χ4v) is 2.53. The summed E-state index contributed by atoms with van der Waals surface area (Å²) in [5.41, 5.74) is 0. The maximum absolute atomic E-state index is 10.1. The van der Waals surface area contributed by atoms with E-state index in [9.17, 15) is 5.11 Å². The first-order chi connectivity index (χ1) is 8.99. The van der Waals surface area contributed by atoms with E-state index in [0.717, 1.165) is 25.6 Å². The van der Waals surface area contributed by atoms with Crippen LogP contribution in [-0.4, -0.2) is 61.0 Å². The molecular weight excluding hydrogens is 240 g/mol. The smallest absolute Gasteiger partial charge is 0.0900 e. The molecular formula is C15H32N2O2. The minimum Gasteiger partial charge on any atom is -0.389 e. The van der Waals surface area contributed by atoms with Gasteiger partial charge >= 0.3 is 0 Å². The zero-order valence-electron chi connectivity index (χ0n) is 13.1. The van der Waals surface area contributed by atoms with Gasteiger partial charge in [0.05, 0.1) is 18.8 Å². The molecule has 2 unspecified atom stereocenters. The summed E-state index contributed by atoms with van der Waals surface area (Å²) in [6, 6.07) is 0.468. The number of piperidine rings is 1. The number of aliphatic hydroxyl groups excluding tert-OH is 1. The van der Waals surface area contributed by atoms with Gasteiger partial charge in [-0.2, -0.15) is 0 Å². The molecule has 2 N–H and O–H groups in total. The summed E-state index contributed by atoms with van der Waals surface area (Å²) in [5.74, 6) is 0.717. The van der Waals surface area contributed by atoms with Crippen LogP contribution >= 0.6 is 0 Å². The van der Waals surface area contributed by atoms with Gasteiger partial charge in [0.2, 0.25) is 0 Å². The lowest BCUT2D eigenvalue weighted by Gasteiger charge is -2.34. The fourth-order valence-electron chi connectivity index (χ4n) is 2.53.